The molecule has 2 aromatic carbocycles. The third kappa shape index (κ3) is 4.03. The average Bonchev–Trinajstić information content (AvgIpc) is 2.93. The molecular weight excluding hydrogens is 413 g/mol. The fourth-order valence-corrected chi connectivity index (χ4v) is 2.86. The maximum Gasteiger partial charge on any atom is 0.226 e. The molecule has 0 atom stereocenters. The Morgan fingerprint density at radius 2 is 1.75 bits per heavy atom. The number of aryl methyl sites for hydroxylation is 1. The number of hydrogen-bond donors (Lipinski definition) is 1. The molecule has 0 spiro atoms. The van der Waals surface area contributed by atoms with E-state index in [4.69, 9.17) is 0 Å². The summed E-state index contributed by atoms with van der Waals surface area (Å²) in [4.78, 5) is 12.1. The molecule has 1 aromatic heterocycles. The Kier molecular flexibility index (Phi) is 5.30. The molecule has 0 bridgehead atoms. The molecule has 0 aliphatic rings. The minimum atomic E-state index is -0.00707. The smallest absolute Gasteiger partial charge is 0.226 e. The number of rotatable bonds is 5. The first-order valence-electron chi connectivity index (χ1n) is 7.77. The zero-order valence-corrected chi connectivity index (χ0v) is 15.5. The highest BCUT2D eigenvalue weighted by Gasteiger charge is 2.07. The fourth-order valence-electron chi connectivity index (χ4n) is 2.46. The molecule has 5 heteroatoms. The lowest BCUT2D eigenvalue weighted by Crippen LogP contribution is -2.15. The summed E-state index contributed by atoms with van der Waals surface area (Å²) in [6.07, 6.45) is 2.22. The van der Waals surface area contributed by atoms with E-state index in [2.05, 4.69) is 45.1 Å². The van der Waals surface area contributed by atoms with Crippen molar-refractivity contribution in [3.63, 3.8) is 0 Å². The maximum absolute atomic E-state index is 12.1. The summed E-state index contributed by atoms with van der Waals surface area (Å²) in [6, 6.07) is 18.1. The van der Waals surface area contributed by atoms with Crippen LogP contribution in [0.3, 0.4) is 0 Å². The quantitative estimate of drug-likeness (QED) is 0.606. The van der Waals surface area contributed by atoms with Crippen LogP contribution in [0, 0.1) is 10.5 Å². The molecule has 3 aromatic rings. The summed E-state index contributed by atoms with van der Waals surface area (Å²) in [5, 5.41) is 7.20. The van der Waals surface area contributed by atoms with Crippen molar-refractivity contribution in [1.82, 2.24) is 9.78 Å². The standard InChI is InChI=1S/C19H18IN3O/c1-14-18(20)13-21-23(14)12-11-19(24)22-17-9-7-16(8-10-17)15-5-3-2-4-6-15/h2-10,13H,11-12H2,1H3,(H,22,24). The molecule has 3 rings (SSSR count). The highest BCUT2D eigenvalue weighted by atomic mass is 127. The van der Waals surface area contributed by atoms with Crippen LogP contribution in [0.15, 0.2) is 60.8 Å². The molecule has 1 amide bonds. The number of carbonyl (C=O) groups excluding carboxylic acids is 1. The summed E-state index contributed by atoms with van der Waals surface area (Å²) < 4.78 is 2.98. The first-order valence-corrected chi connectivity index (χ1v) is 8.84. The van der Waals surface area contributed by atoms with E-state index in [9.17, 15) is 4.79 Å². The van der Waals surface area contributed by atoms with Crippen molar-refractivity contribution in [2.45, 2.75) is 19.9 Å². The molecule has 1 heterocycles. The van der Waals surface area contributed by atoms with Crippen molar-refractivity contribution in [1.29, 1.82) is 0 Å². The Labute approximate surface area is 155 Å². The number of carbonyl (C=O) groups is 1. The second kappa shape index (κ2) is 7.61. The van der Waals surface area contributed by atoms with Gasteiger partial charge >= 0.3 is 0 Å². The zero-order chi connectivity index (χ0) is 16.9. The average molecular weight is 431 g/mol. The summed E-state index contributed by atoms with van der Waals surface area (Å²) in [7, 11) is 0. The topological polar surface area (TPSA) is 46.9 Å². The van der Waals surface area contributed by atoms with E-state index >= 15 is 0 Å². The molecule has 0 unspecified atom stereocenters. The Balaban J connectivity index is 1.57. The summed E-state index contributed by atoms with van der Waals surface area (Å²) in [5.41, 5.74) is 4.21. The summed E-state index contributed by atoms with van der Waals surface area (Å²) >= 11 is 2.24. The van der Waals surface area contributed by atoms with Crippen LogP contribution in [0.1, 0.15) is 12.1 Å². The van der Waals surface area contributed by atoms with Gasteiger partial charge in [0.25, 0.3) is 0 Å². The van der Waals surface area contributed by atoms with Gasteiger partial charge in [-0.3, -0.25) is 9.48 Å². The normalized spacial score (nSPS) is 10.6. The third-order valence-corrected chi connectivity index (χ3v) is 4.93. The number of nitrogens with one attached hydrogen (secondary N) is 1. The highest BCUT2D eigenvalue weighted by Crippen LogP contribution is 2.21. The largest absolute Gasteiger partial charge is 0.326 e. The molecule has 0 aliphatic carbocycles. The van der Waals surface area contributed by atoms with Crippen LogP contribution in [0.25, 0.3) is 11.1 Å². The molecule has 0 saturated heterocycles. The minimum Gasteiger partial charge on any atom is -0.326 e. The number of amides is 1. The van der Waals surface area contributed by atoms with Crippen LogP contribution >= 0.6 is 22.6 Å². The maximum atomic E-state index is 12.1. The van der Waals surface area contributed by atoms with Crippen LogP contribution in [-0.2, 0) is 11.3 Å². The number of benzene rings is 2. The van der Waals surface area contributed by atoms with Crippen molar-refractivity contribution in [2.75, 3.05) is 5.32 Å². The first kappa shape index (κ1) is 16.7. The predicted molar refractivity (Wildman–Crippen MR) is 105 cm³/mol. The molecule has 4 nitrogen and oxygen atoms in total. The van der Waals surface area contributed by atoms with Crippen molar-refractivity contribution < 1.29 is 4.79 Å². The second-order valence-corrected chi connectivity index (χ2v) is 6.70. The van der Waals surface area contributed by atoms with Crippen LogP contribution in [0.5, 0.6) is 0 Å². The van der Waals surface area contributed by atoms with E-state index in [1.807, 2.05) is 60.3 Å². The lowest BCUT2D eigenvalue weighted by atomic mass is 10.1. The third-order valence-electron chi connectivity index (χ3n) is 3.87. The van der Waals surface area contributed by atoms with Gasteiger partial charge in [0.05, 0.1) is 16.3 Å². The molecular formula is C19H18IN3O. The van der Waals surface area contributed by atoms with Crippen molar-refractivity contribution >= 4 is 34.2 Å². The number of anilines is 1. The van der Waals surface area contributed by atoms with Crippen LogP contribution in [0.4, 0.5) is 5.69 Å². The first-order chi connectivity index (χ1) is 11.6. The van der Waals surface area contributed by atoms with Gasteiger partial charge in [0, 0.05) is 17.8 Å². The van der Waals surface area contributed by atoms with Crippen molar-refractivity contribution in [3.8, 4) is 11.1 Å². The highest BCUT2D eigenvalue weighted by molar-refractivity contribution is 14.1. The monoisotopic (exact) mass is 431 g/mol. The van der Waals surface area contributed by atoms with Gasteiger partial charge in [0.1, 0.15) is 0 Å². The summed E-state index contributed by atoms with van der Waals surface area (Å²) in [6.45, 7) is 2.59. The van der Waals surface area contributed by atoms with Gasteiger partial charge in [-0.25, -0.2) is 0 Å². The predicted octanol–water partition coefficient (Wildman–Crippen LogP) is 4.49. The van der Waals surface area contributed by atoms with E-state index in [1.54, 1.807) is 0 Å². The molecule has 0 aliphatic heterocycles. The van der Waals surface area contributed by atoms with E-state index in [0.717, 1.165) is 20.5 Å². The SMILES string of the molecule is Cc1c(I)cnn1CCC(=O)Nc1ccc(-c2ccccc2)cc1. The summed E-state index contributed by atoms with van der Waals surface area (Å²) in [5.74, 6) is -0.00707. The van der Waals surface area contributed by atoms with Crippen molar-refractivity contribution in [2.24, 2.45) is 0 Å². The van der Waals surface area contributed by atoms with Gasteiger partial charge in [0.15, 0.2) is 0 Å². The van der Waals surface area contributed by atoms with Crippen LogP contribution in [-0.4, -0.2) is 15.7 Å². The number of nitrogens with zero attached hydrogens (tertiary/aromatic N) is 2. The Bertz CT molecular complexity index is 826. The van der Waals surface area contributed by atoms with Gasteiger partial charge in [-0.05, 0) is 52.8 Å². The number of hydrogen-bond acceptors (Lipinski definition) is 2. The Morgan fingerprint density at radius 3 is 2.38 bits per heavy atom. The van der Waals surface area contributed by atoms with Gasteiger partial charge in [-0.15, -0.1) is 0 Å². The van der Waals surface area contributed by atoms with E-state index in [0.29, 0.717) is 13.0 Å². The Hall–Kier alpha value is -2.15. The van der Waals surface area contributed by atoms with E-state index in [1.165, 1.54) is 5.56 Å². The van der Waals surface area contributed by atoms with Gasteiger partial charge in [0.2, 0.25) is 5.91 Å². The lowest BCUT2D eigenvalue weighted by molar-refractivity contribution is -0.116. The van der Waals surface area contributed by atoms with Gasteiger partial charge < -0.3 is 5.32 Å². The molecule has 1 N–H and O–H groups in total. The van der Waals surface area contributed by atoms with Crippen LogP contribution < -0.4 is 5.32 Å². The zero-order valence-electron chi connectivity index (χ0n) is 13.4. The Morgan fingerprint density at radius 1 is 1.08 bits per heavy atom. The molecule has 122 valence electrons. The minimum absolute atomic E-state index is 0.00707. The van der Waals surface area contributed by atoms with Crippen LogP contribution in [0.2, 0.25) is 0 Å². The molecule has 0 saturated carbocycles. The number of aromatic nitrogens is 2. The lowest BCUT2D eigenvalue weighted by Gasteiger charge is -2.08. The van der Waals surface area contributed by atoms with E-state index in [-0.39, 0.29) is 5.91 Å². The molecule has 24 heavy (non-hydrogen) atoms. The van der Waals surface area contributed by atoms with Gasteiger partial charge in [-0.2, -0.15) is 5.10 Å². The second-order valence-electron chi connectivity index (χ2n) is 5.54. The fraction of sp³-hybridized carbons (Fsp3) is 0.158. The molecule has 0 radical (unpaired) electrons. The van der Waals surface area contributed by atoms with Gasteiger partial charge in [-0.1, -0.05) is 42.5 Å². The number of halogens is 1. The van der Waals surface area contributed by atoms with Crippen molar-refractivity contribution in [3.05, 3.63) is 70.1 Å². The van der Waals surface area contributed by atoms with E-state index < -0.39 is 0 Å². The molecule has 0 fully saturated rings.